The lowest BCUT2D eigenvalue weighted by atomic mass is 9.95. The molecule has 1 aliphatic rings. The molecule has 150 valence electrons. The van der Waals surface area contributed by atoms with Crippen molar-refractivity contribution in [3.05, 3.63) is 56.4 Å². The van der Waals surface area contributed by atoms with Crippen LogP contribution in [-0.2, 0) is 24.2 Å². The van der Waals surface area contributed by atoms with Crippen molar-refractivity contribution < 1.29 is 4.79 Å². The van der Waals surface area contributed by atoms with Crippen LogP contribution in [0.1, 0.15) is 31.0 Å². The van der Waals surface area contributed by atoms with E-state index in [1.165, 1.54) is 17.3 Å². The predicted octanol–water partition coefficient (Wildman–Crippen LogP) is 4.18. The van der Waals surface area contributed by atoms with E-state index in [0.717, 1.165) is 41.5 Å². The standard InChI is InChI=1S/C21H21BrN4O2S/c1-2-26-20(28)16-11-13-5-3-4-6-17(13)24-19(16)25-21(26)29-12-18(27)23-15-9-7-14(22)8-10-15/h7-11H,2-6,12H2,1H3,(H,23,27). The topological polar surface area (TPSA) is 76.9 Å². The second-order valence-electron chi connectivity index (χ2n) is 6.96. The van der Waals surface area contributed by atoms with Crippen molar-refractivity contribution in [3.8, 4) is 0 Å². The van der Waals surface area contributed by atoms with Crippen molar-refractivity contribution in [3.63, 3.8) is 0 Å². The molecule has 1 amide bonds. The highest BCUT2D eigenvalue weighted by Crippen LogP contribution is 2.24. The van der Waals surface area contributed by atoms with Gasteiger partial charge in [-0.05, 0) is 68.5 Å². The summed E-state index contributed by atoms with van der Waals surface area (Å²) >= 11 is 4.63. The van der Waals surface area contributed by atoms with Crippen LogP contribution in [0.25, 0.3) is 11.0 Å². The highest BCUT2D eigenvalue weighted by molar-refractivity contribution is 9.10. The minimum absolute atomic E-state index is 0.0887. The molecule has 8 heteroatoms. The average molecular weight is 473 g/mol. The summed E-state index contributed by atoms with van der Waals surface area (Å²) in [5.74, 6) is 0.0200. The van der Waals surface area contributed by atoms with Crippen LogP contribution >= 0.6 is 27.7 Å². The SMILES string of the molecule is CCn1c(SCC(=O)Nc2ccc(Br)cc2)nc2nc3c(cc2c1=O)CCCC3. The maximum absolute atomic E-state index is 13.0. The summed E-state index contributed by atoms with van der Waals surface area (Å²) in [5, 5.41) is 3.95. The van der Waals surface area contributed by atoms with Gasteiger partial charge in [0.15, 0.2) is 10.8 Å². The third-order valence-corrected chi connectivity index (χ3v) is 6.47. The molecule has 6 nitrogen and oxygen atoms in total. The van der Waals surface area contributed by atoms with E-state index in [2.05, 4.69) is 31.2 Å². The van der Waals surface area contributed by atoms with Crippen LogP contribution in [0.5, 0.6) is 0 Å². The number of nitrogens with one attached hydrogen (secondary N) is 1. The molecule has 0 fully saturated rings. The fourth-order valence-corrected chi connectivity index (χ4v) is 4.61. The van der Waals surface area contributed by atoms with Gasteiger partial charge in [0.05, 0.1) is 11.1 Å². The van der Waals surface area contributed by atoms with Crippen LogP contribution in [0.15, 0.2) is 44.8 Å². The van der Waals surface area contributed by atoms with E-state index >= 15 is 0 Å². The molecular formula is C21H21BrN4O2S. The molecule has 1 N–H and O–H groups in total. The first-order valence-electron chi connectivity index (χ1n) is 9.66. The van der Waals surface area contributed by atoms with Crippen LogP contribution in [0, 0.1) is 0 Å². The summed E-state index contributed by atoms with van der Waals surface area (Å²) in [6.45, 7) is 2.40. The van der Waals surface area contributed by atoms with Crippen LogP contribution in [0.3, 0.4) is 0 Å². The molecule has 0 radical (unpaired) electrons. The highest BCUT2D eigenvalue weighted by atomic mass is 79.9. The van der Waals surface area contributed by atoms with Crippen molar-refractivity contribution in [2.24, 2.45) is 0 Å². The van der Waals surface area contributed by atoms with E-state index in [0.29, 0.717) is 22.7 Å². The summed E-state index contributed by atoms with van der Waals surface area (Å²) in [5.41, 5.74) is 3.34. The van der Waals surface area contributed by atoms with Crippen molar-refractivity contribution in [2.45, 2.75) is 44.3 Å². The number of carbonyl (C=O) groups excluding carboxylic acids is 1. The normalized spacial score (nSPS) is 13.3. The monoisotopic (exact) mass is 472 g/mol. The van der Waals surface area contributed by atoms with Gasteiger partial charge in [-0.1, -0.05) is 27.7 Å². The molecule has 0 saturated heterocycles. The van der Waals surface area contributed by atoms with Gasteiger partial charge in [0, 0.05) is 22.4 Å². The Morgan fingerprint density at radius 2 is 1.97 bits per heavy atom. The number of anilines is 1. The summed E-state index contributed by atoms with van der Waals surface area (Å²) in [4.78, 5) is 34.6. The molecule has 0 bridgehead atoms. The number of pyridine rings is 1. The minimum Gasteiger partial charge on any atom is -0.325 e. The number of nitrogens with zero attached hydrogens (tertiary/aromatic N) is 3. The largest absolute Gasteiger partial charge is 0.325 e. The van der Waals surface area contributed by atoms with E-state index in [1.807, 2.05) is 37.3 Å². The van der Waals surface area contributed by atoms with Gasteiger partial charge in [0.25, 0.3) is 5.56 Å². The second kappa shape index (κ2) is 8.67. The Morgan fingerprint density at radius 1 is 1.21 bits per heavy atom. The number of carbonyl (C=O) groups is 1. The van der Waals surface area contributed by atoms with E-state index in [-0.39, 0.29) is 17.2 Å². The van der Waals surface area contributed by atoms with Crippen LogP contribution < -0.4 is 10.9 Å². The summed E-state index contributed by atoms with van der Waals surface area (Å²) < 4.78 is 2.57. The summed E-state index contributed by atoms with van der Waals surface area (Å²) in [7, 11) is 0. The predicted molar refractivity (Wildman–Crippen MR) is 120 cm³/mol. The Hall–Kier alpha value is -2.19. The fourth-order valence-electron chi connectivity index (χ4n) is 3.50. The zero-order valence-electron chi connectivity index (χ0n) is 16.1. The van der Waals surface area contributed by atoms with Gasteiger partial charge in [-0.2, -0.15) is 0 Å². The molecule has 3 aromatic rings. The smallest absolute Gasteiger partial charge is 0.263 e. The number of hydrogen-bond acceptors (Lipinski definition) is 5. The van der Waals surface area contributed by atoms with Gasteiger partial charge in [0.1, 0.15) is 0 Å². The first kappa shape index (κ1) is 20.1. The number of halogens is 1. The van der Waals surface area contributed by atoms with Gasteiger partial charge in [-0.15, -0.1) is 0 Å². The quantitative estimate of drug-likeness (QED) is 0.445. The van der Waals surface area contributed by atoms with E-state index in [1.54, 1.807) is 4.57 Å². The Morgan fingerprint density at radius 3 is 2.72 bits per heavy atom. The number of thioether (sulfide) groups is 1. The molecule has 0 atom stereocenters. The summed E-state index contributed by atoms with van der Waals surface area (Å²) in [6.07, 6.45) is 4.16. The Kier molecular flexibility index (Phi) is 6.01. The van der Waals surface area contributed by atoms with Crippen LogP contribution in [0.4, 0.5) is 5.69 Å². The average Bonchev–Trinajstić information content (AvgIpc) is 2.73. The molecule has 2 aromatic heterocycles. The van der Waals surface area contributed by atoms with Gasteiger partial charge < -0.3 is 5.32 Å². The third-order valence-electron chi connectivity index (χ3n) is 4.97. The van der Waals surface area contributed by atoms with Crippen LogP contribution in [0.2, 0.25) is 0 Å². The maximum atomic E-state index is 13.0. The minimum atomic E-state index is -0.146. The lowest BCUT2D eigenvalue weighted by molar-refractivity contribution is -0.113. The number of aromatic nitrogens is 3. The number of hydrogen-bond donors (Lipinski definition) is 1. The van der Waals surface area contributed by atoms with Crippen LogP contribution in [-0.4, -0.2) is 26.2 Å². The van der Waals surface area contributed by atoms with Crippen molar-refractivity contribution in [2.75, 3.05) is 11.1 Å². The molecule has 0 aliphatic heterocycles. The second-order valence-corrected chi connectivity index (χ2v) is 8.82. The Bertz CT molecular complexity index is 1130. The summed E-state index contributed by atoms with van der Waals surface area (Å²) in [6, 6.07) is 9.36. The van der Waals surface area contributed by atoms with E-state index in [4.69, 9.17) is 0 Å². The third kappa shape index (κ3) is 4.38. The molecule has 1 aliphatic carbocycles. The first-order valence-corrected chi connectivity index (χ1v) is 11.4. The van der Waals surface area contributed by atoms with Gasteiger partial charge >= 0.3 is 0 Å². The zero-order valence-corrected chi connectivity index (χ0v) is 18.5. The molecule has 29 heavy (non-hydrogen) atoms. The van der Waals surface area contributed by atoms with Gasteiger partial charge in [0.2, 0.25) is 5.91 Å². The molecule has 0 unspecified atom stereocenters. The number of rotatable bonds is 5. The Balaban J connectivity index is 1.58. The zero-order chi connectivity index (χ0) is 20.4. The van der Waals surface area contributed by atoms with E-state index < -0.39 is 0 Å². The highest BCUT2D eigenvalue weighted by Gasteiger charge is 2.17. The van der Waals surface area contributed by atoms with Crippen molar-refractivity contribution in [1.82, 2.24) is 14.5 Å². The lowest BCUT2D eigenvalue weighted by Gasteiger charge is -2.16. The number of amides is 1. The number of aryl methyl sites for hydroxylation is 2. The molecule has 0 spiro atoms. The molecule has 0 saturated carbocycles. The maximum Gasteiger partial charge on any atom is 0.263 e. The Labute approximate surface area is 181 Å². The number of benzene rings is 1. The molecule has 4 rings (SSSR count). The van der Waals surface area contributed by atoms with Crippen molar-refractivity contribution in [1.29, 1.82) is 0 Å². The first-order chi connectivity index (χ1) is 14.0. The van der Waals surface area contributed by atoms with Gasteiger partial charge in [-0.25, -0.2) is 9.97 Å². The van der Waals surface area contributed by atoms with Crippen molar-refractivity contribution >= 4 is 50.3 Å². The molecule has 2 heterocycles. The van der Waals surface area contributed by atoms with Gasteiger partial charge in [-0.3, -0.25) is 14.2 Å². The number of fused-ring (bicyclic) bond motifs is 2. The molecular weight excluding hydrogens is 452 g/mol. The fraction of sp³-hybridized carbons (Fsp3) is 0.333. The molecule has 1 aromatic carbocycles. The lowest BCUT2D eigenvalue weighted by Crippen LogP contribution is -2.24. The van der Waals surface area contributed by atoms with E-state index in [9.17, 15) is 9.59 Å².